The molecule has 0 spiro atoms. The van der Waals surface area contributed by atoms with Gasteiger partial charge in [0.2, 0.25) is 0 Å². The molecule has 1 aromatic carbocycles. The van der Waals surface area contributed by atoms with Crippen LogP contribution < -0.4 is 5.32 Å². The molecule has 0 saturated carbocycles. The summed E-state index contributed by atoms with van der Waals surface area (Å²) in [6.07, 6.45) is 4.00. The third kappa shape index (κ3) is 3.41. The zero-order chi connectivity index (χ0) is 17.1. The molecule has 0 aliphatic carbocycles. The third-order valence-electron chi connectivity index (χ3n) is 3.81. The second-order valence-electron chi connectivity index (χ2n) is 5.63. The highest BCUT2D eigenvalue weighted by atomic mass is 32.1. The van der Waals surface area contributed by atoms with Crippen LogP contribution in [0, 0.1) is 12.7 Å². The van der Waals surface area contributed by atoms with Crippen molar-refractivity contribution in [2.45, 2.75) is 26.9 Å². The summed E-state index contributed by atoms with van der Waals surface area (Å²) in [7, 11) is 0. The molecule has 2 heterocycles. The van der Waals surface area contributed by atoms with E-state index in [0.29, 0.717) is 18.8 Å². The molecule has 0 saturated heterocycles. The number of allylic oxidation sites excluding steroid dienone is 2. The summed E-state index contributed by atoms with van der Waals surface area (Å²) >= 11 is 1.68. The number of nitrogens with one attached hydrogen (secondary N) is 1. The molecule has 0 aliphatic rings. The highest BCUT2D eigenvalue weighted by Gasteiger charge is 2.16. The fourth-order valence-electron chi connectivity index (χ4n) is 2.68. The van der Waals surface area contributed by atoms with Crippen LogP contribution in [-0.4, -0.2) is 10.5 Å². The SMILES string of the molecule is CC=CCn1c(C(=O)NCc2cccc(F)c2)cc2sc(C)cc21. The van der Waals surface area contributed by atoms with Gasteiger partial charge in [-0.15, -0.1) is 11.3 Å². The number of aryl methyl sites for hydroxylation is 1. The molecule has 0 fully saturated rings. The normalized spacial score (nSPS) is 11.5. The van der Waals surface area contributed by atoms with Gasteiger partial charge in [0.1, 0.15) is 11.5 Å². The Balaban J connectivity index is 1.84. The monoisotopic (exact) mass is 342 g/mol. The molecule has 1 amide bonds. The van der Waals surface area contributed by atoms with Crippen molar-refractivity contribution < 1.29 is 9.18 Å². The molecular formula is C19H19FN2OS. The van der Waals surface area contributed by atoms with E-state index in [1.165, 1.54) is 17.0 Å². The lowest BCUT2D eigenvalue weighted by molar-refractivity contribution is 0.0942. The van der Waals surface area contributed by atoms with Crippen LogP contribution in [0.25, 0.3) is 10.2 Å². The number of fused-ring (bicyclic) bond motifs is 1. The lowest BCUT2D eigenvalue weighted by Crippen LogP contribution is -2.25. The smallest absolute Gasteiger partial charge is 0.268 e. The Bertz CT molecular complexity index is 907. The van der Waals surface area contributed by atoms with Crippen LogP contribution >= 0.6 is 11.3 Å². The molecule has 0 atom stereocenters. The van der Waals surface area contributed by atoms with Gasteiger partial charge >= 0.3 is 0 Å². The largest absolute Gasteiger partial charge is 0.347 e. The quantitative estimate of drug-likeness (QED) is 0.673. The first-order chi connectivity index (χ1) is 11.6. The number of hydrogen-bond acceptors (Lipinski definition) is 2. The summed E-state index contributed by atoms with van der Waals surface area (Å²) in [6.45, 7) is 4.98. The Kier molecular flexibility index (Phi) is 4.81. The summed E-state index contributed by atoms with van der Waals surface area (Å²) in [5.74, 6) is -0.445. The Hall–Kier alpha value is -2.40. The predicted molar refractivity (Wildman–Crippen MR) is 96.9 cm³/mol. The predicted octanol–water partition coefficient (Wildman–Crippen LogP) is 4.66. The fourth-order valence-corrected chi connectivity index (χ4v) is 3.64. The molecule has 2 aromatic heterocycles. The molecular weight excluding hydrogens is 323 g/mol. The van der Waals surface area contributed by atoms with Gasteiger partial charge in [0, 0.05) is 18.0 Å². The first-order valence-electron chi connectivity index (χ1n) is 7.82. The summed E-state index contributed by atoms with van der Waals surface area (Å²) in [4.78, 5) is 13.8. The van der Waals surface area contributed by atoms with Crippen molar-refractivity contribution >= 4 is 27.5 Å². The Morgan fingerprint density at radius 3 is 2.92 bits per heavy atom. The minimum atomic E-state index is -0.297. The molecule has 24 heavy (non-hydrogen) atoms. The van der Waals surface area contributed by atoms with Gasteiger partial charge in [-0.1, -0.05) is 24.3 Å². The second kappa shape index (κ2) is 7.01. The highest BCUT2D eigenvalue weighted by Crippen LogP contribution is 2.28. The maximum absolute atomic E-state index is 13.2. The van der Waals surface area contributed by atoms with Crippen molar-refractivity contribution in [3.63, 3.8) is 0 Å². The summed E-state index contributed by atoms with van der Waals surface area (Å²) in [6, 6.07) is 10.3. The molecule has 0 aliphatic heterocycles. The van der Waals surface area contributed by atoms with E-state index in [-0.39, 0.29) is 11.7 Å². The topological polar surface area (TPSA) is 34.0 Å². The van der Waals surface area contributed by atoms with Gasteiger partial charge in [-0.25, -0.2) is 4.39 Å². The van der Waals surface area contributed by atoms with Crippen LogP contribution in [0.4, 0.5) is 4.39 Å². The van der Waals surface area contributed by atoms with Crippen molar-refractivity contribution in [1.82, 2.24) is 9.88 Å². The number of rotatable bonds is 5. The minimum absolute atomic E-state index is 0.148. The van der Waals surface area contributed by atoms with Crippen molar-refractivity contribution in [2.24, 2.45) is 0 Å². The number of aromatic nitrogens is 1. The molecule has 3 aromatic rings. The maximum Gasteiger partial charge on any atom is 0.268 e. The number of hydrogen-bond donors (Lipinski definition) is 1. The first kappa shape index (κ1) is 16.5. The average molecular weight is 342 g/mol. The zero-order valence-electron chi connectivity index (χ0n) is 13.7. The molecule has 3 rings (SSSR count). The molecule has 5 heteroatoms. The van der Waals surface area contributed by atoms with Crippen molar-refractivity contribution in [1.29, 1.82) is 0 Å². The number of nitrogens with zero attached hydrogens (tertiary/aromatic N) is 1. The molecule has 1 N–H and O–H groups in total. The average Bonchev–Trinajstić information content (AvgIpc) is 3.07. The Morgan fingerprint density at radius 1 is 1.33 bits per heavy atom. The third-order valence-corrected chi connectivity index (χ3v) is 4.80. The van der Waals surface area contributed by atoms with Crippen LogP contribution in [-0.2, 0) is 13.1 Å². The van der Waals surface area contributed by atoms with Gasteiger partial charge in [-0.2, -0.15) is 0 Å². The van der Waals surface area contributed by atoms with E-state index in [2.05, 4.69) is 18.3 Å². The maximum atomic E-state index is 13.2. The first-order valence-corrected chi connectivity index (χ1v) is 8.63. The molecule has 3 nitrogen and oxygen atoms in total. The number of benzene rings is 1. The van der Waals surface area contributed by atoms with E-state index in [1.807, 2.05) is 29.7 Å². The van der Waals surface area contributed by atoms with Crippen molar-refractivity contribution in [3.05, 3.63) is 70.5 Å². The van der Waals surface area contributed by atoms with E-state index in [4.69, 9.17) is 0 Å². The van der Waals surface area contributed by atoms with Crippen molar-refractivity contribution in [3.8, 4) is 0 Å². The van der Waals surface area contributed by atoms with E-state index in [0.717, 1.165) is 15.8 Å². The van der Waals surface area contributed by atoms with Crippen LogP contribution in [0.2, 0.25) is 0 Å². The zero-order valence-corrected chi connectivity index (χ0v) is 14.5. The van der Waals surface area contributed by atoms with E-state index in [1.54, 1.807) is 23.5 Å². The summed E-state index contributed by atoms with van der Waals surface area (Å²) in [5, 5.41) is 2.88. The summed E-state index contributed by atoms with van der Waals surface area (Å²) in [5.41, 5.74) is 2.45. The number of halogens is 1. The van der Waals surface area contributed by atoms with E-state index < -0.39 is 0 Å². The van der Waals surface area contributed by atoms with Gasteiger partial charge in [0.25, 0.3) is 5.91 Å². The number of carbonyl (C=O) groups is 1. The van der Waals surface area contributed by atoms with Crippen LogP contribution in [0.1, 0.15) is 27.9 Å². The van der Waals surface area contributed by atoms with Gasteiger partial charge in [-0.05, 0) is 43.7 Å². The highest BCUT2D eigenvalue weighted by molar-refractivity contribution is 7.19. The van der Waals surface area contributed by atoms with Gasteiger partial charge in [0.05, 0.1) is 10.2 Å². The van der Waals surface area contributed by atoms with E-state index >= 15 is 0 Å². The number of amides is 1. The Morgan fingerprint density at radius 2 is 2.17 bits per heavy atom. The molecule has 0 radical (unpaired) electrons. The van der Waals surface area contributed by atoms with Crippen LogP contribution in [0.5, 0.6) is 0 Å². The fraction of sp³-hybridized carbons (Fsp3) is 0.211. The standard InChI is InChI=1S/C19H19FN2OS/c1-3-4-8-22-16-9-13(2)24-18(16)11-17(22)19(23)21-12-14-6-5-7-15(20)10-14/h3-7,9-11H,8,12H2,1-2H3,(H,21,23). The Labute approximate surface area is 144 Å². The van der Waals surface area contributed by atoms with Gasteiger partial charge in [-0.3, -0.25) is 4.79 Å². The summed E-state index contributed by atoms with van der Waals surface area (Å²) < 4.78 is 16.3. The van der Waals surface area contributed by atoms with Gasteiger partial charge in [0.15, 0.2) is 0 Å². The molecule has 124 valence electrons. The minimum Gasteiger partial charge on any atom is -0.347 e. The van der Waals surface area contributed by atoms with Crippen molar-refractivity contribution in [2.75, 3.05) is 0 Å². The van der Waals surface area contributed by atoms with Crippen LogP contribution in [0.3, 0.4) is 0 Å². The number of carbonyl (C=O) groups excluding carboxylic acids is 1. The lowest BCUT2D eigenvalue weighted by atomic mass is 10.2. The number of thiophene rings is 1. The van der Waals surface area contributed by atoms with Crippen LogP contribution in [0.15, 0.2) is 48.6 Å². The molecule has 0 unspecified atom stereocenters. The second-order valence-corrected chi connectivity index (χ2v) is 6.92. The lowest BCUT2D eigenvalue weighted by Gasteiger charge is -2.09. The van der Waals surface area contributed by atoms with E-state index in [9.17, 15) is 9.18 Å². The van der Waals surface area contributed by atoms with Gasteiger partial charge < -0.3 is 9.88 Å². The molecule has 0 bridgehead atoms.